The average Bonchev–Trinajstić information content (AvgIpc) is 2.47. The Morgan fingerprint density at radius 3 is 2.76 bits per heavy atom. The van der Waals surface area contributed by atoms with Crippen LogP contribution in [0.15, 0.2) is 40.1 Å². The molecule has 106 valence electrons. The van der Waals surface area contributed by atoms with Crippen LogP contribution in [0.1, 0.15) is 16.7 Å². The van der Waals surface area contributed by atoms with Gasteiger partial charge in [-0.25, -0.2) is 4.39 Å². The van der Waals surface area contributed by atoms with E-state index in [0.29, 0.717) is 13.0 Å². The molecule has 1 aromatic heterocycles. The minimum atomic E-state index is -0.640. The van der Waals surface area contributed by atoms with Crippen LogP contribution in [0, 0.1) is 17.1 Å². The van der Waals surface area contributed by atoms with Crippen molar-refractivity contribution in [2.45, 2.75) is 6.42 Å². The lowest BCUT2D eigenvalue weighted by atomic mass is 10.1. The van der Waals surface area contributed by atoms with Crippen molar-refractivity contribution in [3.63, 3.8) is 0 Å². The molecule has 0 aliphatic carbocycles. The Kier molecular flexibility index (Phi) is 4.46. The van der Waals surface area contributed by atoms with Crippen molar-refractivity contribution < 1.29 is 9.50 Å². The maximum atomic E-state index is 12.7. The molecule has 0 radical (unpaired) electrons. The molecule has 0 bridgehead atoms. The maximum absolute atomic E-state index is 12.7. The van der Waals surface area contributed by atoms with Gasteiger partial charge in [0.1, 0.15) is 17.4 Å². The first-order valence-electron chi connectivity index (χ1n) is 6.21. The molecule has 0 fully saturated rings. The van der Waals surface area contributed by atoms with Gasteiger partial charge in [-0.15, -0.1) is 0 Å². The first-order valence-corrected chi connectivity index (χ1v) is 6.21. The fourth-order valence-corrected chi connectivity index (χ4v) is 1.73. The van der Waals surface area contributed by atoms with Gasteiger partial charge < -0.3 is 5.11 Å². The normalized spacial score (nSPS) is 10.7. The van der Waals surface area contributed by atoms with Gasteiger partial charge in [0, 0.05) is 12.8 Å². The molecule has 1 heterocycles. The Hall–Kier alpha value is -2.94. The second kappa shape index (κ2) is 6.48. The minimum Gasteiger partial charge on any atom is -0.494 e. The third kappa shape index (κ3) is 3.76. The van der Waals surface area contributed by atoms with E-state index in [-0.39, 0.29) is 22.8 Å². The summed E-state index contributed by atoms with van der Waals surface area (Å²) in [5, 5.41) is 18.3. The number of aliphatic imine (C=N–C) groups is 1. The molecule has 2 aromatic rings. The van der Waals surface area contributed by atoms with Crippen LogP contribution >= 0.6 is 0 Å². The number of nitriles is 1. The topological polar surface area (TPSA) is 89.2 Å². The molecule has 2 rings (SSSR count). The highest BCUT2D eigenvalue weighted by Crippen LogP contribution is 2.09. The number of H-pyrrole nitrogens is 1. The molecule has 0 aliphatic heterocycles. The predicted molar refractivity (Wildman–Crippen MR) is 76.0 cm³/mol. The fourth-order valence-electron chi connectivity index (χ4n) is 1.73. The Labute approximate surface area is 120 Å². The number of aromatic nitrogens is 1. The van der Waals surface area contributed by atoms with Gasteiger partial charge >= 0.3 is 0 Å². The lowest BCUT2D eigenvalue weighted by Crippen LogP contribution is -2.10. The van der Waals surface area contributed by atoms with Crippen LogP contribution in [-0.4, -0.2) is 22.8 Å². The molecule has 1 aromatic carbocycles. The molecule has 21 heavy (non-hydrogen) atoms. The number of nitrogens with one attached hydrogen (secondary N) is 1. The lowest BCUT2D eigenvalue weighted by Gasteiger charge is -2.00. The largest absolute Gasteiger partial charge is 0.494 e. The molecule has 0 atom stereocenters. The van der Waals surface area contributed by atoms with Gasteiger partial charge in [0.15, 0.2) is 5.88 Å². The number of aromatic amines is 1. The highest BCUT2D eigenvalue weighted by Gasteiger charge is 2.05. The molecule has 6 heteroatoms. The van der Waals surface area contributed by atoms with Crippen LogP contribution in [0.4, 0.5) is 4.39 Å². The third-order valence-electron chi connectivity index (χ3n) is 2.84. The van der Waals surface area contributed by atoms with Crippen LogP contribution in [0.25, 0.3) is 0 Å². The number of hydrogen-bond acceptors (Lipinski definition) is 4. The van der Waals surface area contributed by atoms with Crippen LogP contribution in [0.2, 0.25) is 0 Å². The van der Waals surface area contributed by atoms with Gasteiger partial charge in [-0.05, 0) is 30.2 Å². The summed E-state index contributed by atoms with van der Waals surface area (Å²) in [7, 11) is 0. The van der Waals surface area contributed by atoms with Crippen molar-refractivity contribution in [1.29, 1.82) is 5.26 Å². The van der Waals surface area contributed by atoms with Gasteiger partial charge in [-0.3, -0.25) is 14.8 Å². The average molecular weight is 285 g/mol. The molecular weight excluding hydrogens is 273 g/mol. The van der Waals surface area contributed by atoms with E-state index in [1.807, 2.05) is 0 Å². The number of nitrogens with zero attached hydrogens (tertiary/aromatic N) is 2. The Bertz CT molecular complexity index is 758. The summed E-state index contributed by atoms with van der Waals surface area (Å²) in [6.45, 7) is 0.437. The minimum absolute atomic E-state index is 0.0900. The van der Waals surface area contributed by atoms with Gasteiger partial charge in [0.25, 0.3) is 5.56 Å². The van der Waals surface area contributed by atoms with E-state index in [4.69, 9.17) is 5.26 Å². The molecule has 2 N–H and O–H groups in total. The van der Waals surface area contributed by atoms with Crippen molar-refractivity contribution in [3.05, 3.63) is 63.2 Å². The van der Waals surface area contributed by atoms with Gasteiger partial charge in [-0.1, -0.05) is 12.1 Å². The predicted octanol–water partition coefficient (Wildman–Crippen LogP) is 1.75. The van der Waals surface area contributed by atoms with Crippen LogP contribution in [0.5, 0.6) is 5.88 Å². The number of benzene rings is 1. The van der Waals surface area contributed by atoms with Crippen LogP contribution in [-0.2, 0) is 6.42 Å². The number of hydrogen-bond donors (Lipinski definition) is 2. The lowest BCUT2D eigenvalue weighted by molar-refractivity contribution is 0.450. The first-order chi connectivity index (χ1) is 10.1. The quantitative estimate of drug-likeness (QED) is 0.839. The van der Waals surface area contributed by atoms with Gasteiger partial charge in [0.05, 0.1) is 5.56 Å². The van der Waals surface area contributed by atoms with E-state index in [0.717, 1.165) is 5.56 Å². The van der Waals surface area contributed by atoms with Gasteiger partial charge in [0.2, 0.25) is 0 Å². The van der Waals surface area contributed by atoms with Crippen molar-refractivity contribution in [3.8, 4) is 11.9 Å². The fraction of sp³-hybridized carbons (Fsp3) is 0.133. The van der Waals surface area contributed by atoms with E-state index in [1.165, 1.54) is 24.4 Å². The second-order valence-electron chi connectivity index (χ2n) is 4.34. The molecular formula is C15H12FN3O2. The number of halogens is 1. The molecule has 0 aliphatic rings. The van der Waals surface area contributed by atoms with Crippen molar-refractivity contribution in [1.82, 2.24) is 4.98 Å². The highest BCUT2D eigenvalue weighted by atomic mass is 19.1. The van der Waals surface area contributed by atoms with E-state index >= 15 is 0 Å². The zero-order valence-corrected chi connectivity index (χ0v) is 11.0. The number of rotatable bonds is 4. The summed E-state index contributed by atoms with van der Waals surface area (Å²) in [5.41, 5.74) is 0.480. The van der Waals surface area contributed by atoms with E-state index < -0.39 is 5.56 Å². The van der Waals surface area contributed by atoms with Crippen molar-refractivity contribution in [2.24, 2.45) is 4.99 Å². The summed E-state index contributed by atoms with van der Waals surface area (Å²) in [5.74, 6) is -0.617. The maximum Gasteiger partial charge on any atom is 0.268 e. The SMILES string of the molecule is N#Cc1cc(C=NCCc2ccc(F)cc2)c(O)[nH]c1=O. The second-order valence-corrected chi connectivity index (χ2v) is 4.34. The Morgan fingerprint density at radius 2 is 2.10 bits per heavy atom. The van der Waals surface area contributed by atoms with E-state index in [1.54, 1.807) is 18.2 Å². The highest BCUT2D eigenvalue weighted by molar-refractivity contribution is 5.82. The van der Waals surface area contributed by atoms with Crippen LogP contribution < -0.4 is 5.56 Å². The zero-order valence-electron chi connectivity index (χ0n) is 11.0. The molecule has 0 unspecified atom stereocenters. The molecule has 0 spiro atoms. The van der Waals surface area contributed by atoms with Crippen LogP contribution in [0.3, 0.4) is 0 Å². The summed E-state index contributed by atoms with van der Waals surface area (Å²) in [6.07, 6.45) is 2.00. The molecule has 0 saturated heterocycles. The summed E-state index contributed by atoms with van der Waals surface area (Å²) in [4.78, 5) is 17.5. The van der Waals surface area contributed by atoms with Crippen molar-refractivity contribution >= 4 is 6.21 Å². The zero-order chi connectivity index (χ0) is 15.2. The Balaban J connectivity index is 2.03. The van der Waals surface area contributed by atoms with Crippen molar-refractivity contribution in [2.75, 3.05) is 6.54 Å². The summed E-state index contributed by atoms with van der Waals surface area (Å²) >= 11 is 0. The molecule has 0 amide bonds. The smallest absolute Gasteiger partial charge is 0.268 e. The molecule has 0 saturated carbocycles. The standard InChI is InChI=1S/C15H12FN3O2/c16-13-3-1-10(2-4-13)5-6-18-9-12-7-11(8-17)14(20)19-15(12)21/h1-4,7,9H,5-6H2,(H2,19,20,21). The Morgan fingerprint density at radius 1 is 1.38 bits per heavy atom. The van der Waals surface area contributed by atoms with Gasteiger partial charge in [-0.2, -0.15) is 5.26 Å². The third-order valence-corrected chi connectivity index (χ3v) is 2.84. The number of aromatic hydroxyl groups is 1. The van der Waals surface area contributed by atoms with E-state index in [2.05, 4.69) is 9.98 Å². The summed E-state index contributed by atoms with van der Waals surface area (Å²) < 4.78 is 12.7. The monoisotopic (exact) mass is 285 g/mol. The first kappa shape index (κ1) is 14.5. The number of pyridine rings is 1. The summed E-state index contributed by atoms with van der Waals surface area (Å²) in [6, 6.07) is 9.12. The molecule has 5 nitrogen and oxygen atoms in total. The van der Waals surface area contributed by atoms with E-state index in [9.17, 15) is 14.3 Å².